The highest BCUT2D eigenvalue weighted by Gasteiger charge is 2.28. The molecule has 2 aromatic rings. The number of anilines is 2. The smallest absolute Gasteiger partial charge is 0.246 e. The molecule has 1 atom stereocenters. The van der Waals surface area contributed by atoms with Crippen LogP contribution in [0, 0.1) is 20.8 Å². The molecule has 1 aliphatic rings. The lowest BCUT2D eigenvalue weighted by Crippen LogP contribution is -2.38. The zero-order chi connectivity index (χ0) is 21.7. The predicted molar refractivity (Wildman–Crippen MR) is 118 cm³/mol. The number of nitrogens with zero attached hydrogens (tertiary/aromatic N) is 6. The number of piperidine rings is 1. The number of rotatable bonds is 6. The number of hydrogen-bond donors (Lipinski definition) is 1. The maximum absolute atomic E-state index is 12.8. The fourth-order valence-electron chi connectivity index (χ4n) is 3.68. The van der Waals surface area contributed by atoms with Crippen molar-refractivity contribution in [3.8, 4) is 0 Å². The van der Waals surface area contributed by atoms with Crippen LogP contribution in [0.4, 0.5) is 11.8 Å². The number of amides is 1. The highest BCUT2D eigenvalue weighted by molar-refractivity contribution is 5.88. The monoisotopic (exact) mass is 409 g/mol. The second-order valence-electron chi connectivity index (χ2n) is 8.03. The fourth-order valence-corrected chi connectivity index (χ4v) is 3.68. The van der Waals surface area contributed by atoms with Crippen LogP contribution in [0.5, 0.6) is 0 Å². The van der Waals surface area contributed by atoms with Gasteiger partial charge in [-0.1, -0.05) is 6.08 Å². The van der Waals surface area contributed by atoms with Gasteiger partial charge in [-0.15, -0.1) is 0 Å². The van der Waals surface area contributed by atoms with Gasteiger partial charge in [0.1, 0.15) is 11.6 Å². The zero-order valence-electron chi connectivity index (χ0n) is 18.5. The highest BCUT2D eigenvalue weighted by atomic mass is 16.2. The van der Waals surface area contributed by atoms with E-state index in [4.69, 9.17) is 0 Å². The summed E-state index contributed by atoms with van der Waals surface area (Å²) in [6, 6.07) is 3.78. The second-order valence-corrected chi connectivity index (χ2v) is 8.03. The maximum Gasteiger partial charge on any atom is 0.246 e. The first kappa shape index (κ1) is 21.8. The van der Waals surface area contributed by atoms with Crippen LogP contribution in [0.1, 0.15) is 48.2 Å². The van der Waals surface area contributed by atoms with Crippen LogP contribution in [0.15, 0.2) is 24.3 Å². The largest absolute Gasteiger partial charge is 0.331 e. The molecule has 0 aromatic carbocycles. The molecule has 0 aliphatic carbocycles. The molecule has 8 heteroatoms. The van der Waals surface area contributed by atoms with E-state index < -0.39 is 0 Å². The fraction of sp³-hybridized carbons (Fsp3) is 0.500. The first-order valence-electron chi connectivity index (χ1n) is 10.4. The van der Waals surface area contributed by atoms with E-state index in [-0.39, 0.29) is 11.9 Å². The molecule has 1 fully saturated rings. The average Bonchev–Trinajstić information content (AvgIpc) is 2.66. The molecule has 1 N–H and O–H groups in total. The summed E-state index contributed by atoms with van der Waals surface area (Å²) in [4.78, 5) is 34.8. The third kappa shape index (κ3) is 5.82. The molecule has 8 nitrogen and oxygen atoms in total. The maximum atomic E-state index is 12.8. The van der Waals surface area contributed by atoms with Crippen LogP contribution in [0.2, 0.25) is 0 Å². The molecule has 1 saturated heterocycles. The Labute approximate surface area is 178 Å². The topological polar surface area (TPSA) is 87.1 Å². The molecule has 1 aliphatic heterocycles. The summed E-state index contributed by atoms with van der Waals surface area (Å²) in [7, 11) is 3.96. The van der Waals surface area contributed by atoms with Crippen molar-refractivity contribution in [1.82, 2.24) is 29.7 Å². The summed E-state index contributed by atoms with van der Waals surface area (Å²) in [6.45, 7) is 7.21. The van der Waals surface area contributed by atoms with Crippen molar-refractivity contribution in [1.29, 1.82) is 0 Å². The number of nitrogens with one attached hydrogen (secondary N) is 1. The Kier molecular flexibility index (Phi) is 7.10. The Morgan fingerprint density at radius 3 is 2.57 bits per heavy atom. The number of aryl methyl sites for hydroxylation is 3. The number of likely N-dealkylation sites (tertiary alicyclic amines) is 1. The quantitative estimate of drug-likeness (QED) is 0.734. The average molecular weight is 410 g/mol. The van der Waals surface area contributed by atoms with Gasteiger partial charge in [-0.3, -0.25) is 4.79 Å². The van der Waals surface area contributed by atoms with Crippen molar-refractivity contribution in [3.63, 3.8) is 0 Å². The van der Waals surface area contributed by atoms with Gasteiger partial charge in [-0.25, -0.2) is 19.9 Å². The normalized spacial score (nSPS) is 17.0. The van der Waals surface area contributed by atoms with Crippen molar-refractivity contribution >= 4 is 17.7 Å². The third-order valence-corrected chi connectivity index (χ3v) is 4.94. The Bertz CT molecular complexity index is 905. The molecule has 2 aromatic heterocycles. The first-order valence-corrected chi connectivity index (χ1v) is 10.4. The molecule has 0 saturated carbocycles. The summed E-state index contributed by atoms with van der Waals surface area (Å²) in [5.74, 6) is 1.84. The lowest BCUT2D eigenvalue weighted by molar-refractivity contribution is -0.129. The summed E-state index contributed by atoms with van der Waals surface area (Å²) >= 11 is 0. The van der Waals surface area contributed by atoms with Crippen molar-refractivity contribution in [3.05, 3.63) is 47.2 Å². The Hall–Kier alpha value is -2.87. The van der Waals surface area contributed by atoms with Gasteiger partial charge in [-0.2, -0.15) is 0 Å². The SMILES string of the molecule is Cc1cc(C)nc(Nc2cc([C@@H]3CCCCN3C(=O)/C=C/CN(C)C)nc(C)n2)n1. The summed E-state index contributed by atoms with van der Waals surface area (Å²) in [6.07, 6.45) is 6.55. The summed E-state index contributed by atoms with van der Waals surface area (Å²) in [5, 5.41) is 3.20. The first-order chi connectivity index (χ1) is 14.3. The number of carbonyl (C=O) groups is 1. The van der Waals surface area contributed by atoms with E-state index in [0.717, 1.165) is 49.4 Å². The number of aromatic nitrogens is 4. The summed E-state index contributed by atoms with van der Waals surface area (Å²) < 4.78 is 0. The lowest BCUT2D eigenvalue weighted by Gasteiger charge is -2.35. The molecule has 1 amide bonds. The molecular formula is C22H31N7O. The van der Waals surface area contributed by atoms with Crippen LogP contribution in [-0.2, 0) is 4.79 Å². The third-order valence-electron chi connectivity index (χ3n) is 4.94. The molecule has 0 radical (unpaired) electrons. The van der Waals surface area contributed by atoms with Gasteiger partial charge in [0, 0.05) is 36.6 Å². The molecule has 30 heavy (non-hydrogen) atoms. The van der Waals surface area contributed by atoms with Crippen molar-refractivity contribution in [2.75, 3.05) is 32.5 Å². The van der Waals surface area contributed by atoms with E-state index in [0.29, 0.717) is 17.6 Å². The van der Waals surface area contributed by atoms with Crippen LogP contribution in [0.25, 0.3) is 0 Å². The molecule has 0 spiro atoms. The zero-order valence-corrected chi connectivity index (χ0v) is 18.5. The minimum absolute atomic E-state index is 0.0324. The van der Waals surface area contributed by atoms with Crippen LogP contribution >= 0.6 is 0 Å². The minimum atomic E-state index is -0.0577. The van der Waals surface area contributed by atoms with Gasteiger partial charge in [0.15, 0.2) is 0 Å². The van der Waals surface area contributed by atoms with E-state index in [1.165, 1.54) is 0 Å². The van der Waals surface area contributed by atoms with E-state index in [9.17, 15) is 4.79 Å². The molecule has 160 valence electrons. The van der Waals surface area contributed by atoms with E-state index >= 15 is 0 Å². The van der Waals surface area contributed by atoms with Gasteiger partial charge in [0.05, 0.1) is 11.7 Å². The molecule has 3 heterocycles. The predicted octanol–water partition coefficient (Wildman–Crippen LogP) is 3.11. The van der Waals surface area contributed by atoms with Gasteiger partial charge in [-0.05, 0) is 60.2 Å². The Morgan fingerprint density at radius 2 is 1.87 bits per heavy atom. The summed E-state index contributed by atoms with van der Waals surface area (Å²) in [5.41, 5.74) is 2.64. The van der Waals surface area contributed by atoms with E-state index in [1.54, 1.807) is 6.08 Å². The molecular weight excluding hydrogens is 378 g/mol. The molecule has 0 unspecified atom stereocenters. The van der Waals surface area contributed by atoms with Gasteiger partial charge < -0.3 is 15.1 Å². The Morgan fingerprint density at radius 1 is 1.13 bits per heavy atom. The Balaban J connectivity index is 1.83. The van der Waals surface area contributed by atoms with Crippen molar-refractivity contribution in [2.24, 2.45) is 0 Å². The second kappa shape index (κ2) is 9.75. The minimum Gasteiger partial charge on any atom is -0.331 e. The molecule has 0 bridgehead atoms. The van der Waals surface area contributed by atoms with Gasteiger partial charge >= 0.3 is 0 Å². The van der Waals surface area contributed by atoms with Crippen LogP contribution in [-0.4, -0.2) is 62.8 Å². The highest BCUT2D eigenvalue weighted by Crippen LogP contribution is 2.31. The van der Waals surface area contributed by atoms with Gasteiger partial charge in [0.2, 0.25) is 11.9 Å². The van der Waals surface area contributed by atoms with E-state index in [2.05, 4.69) is 25.3 Å². The van der Waals surface area contributed by atoms with Crippen LogP contribution < -0.4 is 5.32 Å². The van der Waals surface area contributed by atoms with Gasteiger partial charge in [0.25, 0.3) is 0 Å². The number of hydrogen-bond acceptors (Lipinski definition) is 7. The molecule has 3 rings (SSSR count). The standard InChI is InChI=1S/C22H31N7O/c1-15-13-16(2)24-22(23-15)27-20-14-18(25-17(3)26-20)19-9-6-7-12-29(19)21(30)10-8-11-28(4)5/h8,10,13-14,19H,6-7,9,11-12H2,1-5H3,(H,23,24,25,26,27)/b10-8+/t19-/m0/s1. The van der Waals surface area contributed by atoms with Crippen molar-refractivity contribution in [2.45, 2.75) is 46.1 Å². The lowest BCUT2D eigenvalue weighted by atomic mass is 9.98. The van der Waals surface area contributed by atoms with E-state index in [1.807, 2.05) is 62.9 Å². The number of likely N-dealkylation sites (N-methyl/N-ethyl adjacent to an activating group) is 1. The van der Waals surface area contributed by atoms with Crippen molar-refractivity contribution < 1.29 is 4.79 Å². The van der Waals surface area contributed by atoms with Crippen LogP contribution in [0.3, 0.4) is 0 Å². The number of carbonyl (C=O) groups excluding carboxylic acids is 1.